The number of amides is 1. The van der Waals surface area contributed by atoms with Gasteiger partial charge in [-0.25, -0.2) is 4.39 Å². The molecule has 0 bridgehead atoms. The number of nitro benzene ring substituents is 1. The average Bonchev–Trinajstić information content (AvgIpc) is 3.58. The third kappa shape index (κ3) is 4.69. The normalized spacial score (nSPS) is 14.1. The molecule has 3 aromatic carbocycles. The van der Waals surface area contributed by atoms with Crippen molar-refractivity contribution in [2.45, 2.75) is 37.8 Å². The van der Waals surface area contributed by atoms with Gasteiger partial charge in [0, 0.05) is 54.2 Å². The van der Waals surface area contributed by atoms with Crippen LogP contribution in [-0.4, -0.2) is 21.4 Å². The molecule has 172 valence electrons. The number of carbonyl (C=O) groups is 1. The summed E-state index contributed by atoms with van der Waals surface area (Å²) in [7, 11) is 0. The summed E-state index contributed by atoms with van der Waals surface area (Å²) in [6.07, 6.45) is 4.02. The molecule has 0 radical (unpaired) electrons. The van der Waals surface area contributed by atoms with Crippen molar-refractivity contribution in [2.75, 3.05) is 0 Å². The Labute approximate surface area is 196 Å². The van der Waals surface area contributed by atoms with E-state index in [-0.39, 0.29) is 29.9 Å². The third-order valence-electron chi connectivity index (χ3n) is 6.26. The molecule has 1 N–H and O–H groups in total. The van der Waals surface area contributed by atoms with Crippen LogP contribution >= 0.6 is 0 Å². The lowest BCUT2D eigenvalue weighted by atomic mass is 9.88. The molecule has 0 spiro atoms. The highest BCUT2D eigenvalue weighted by Crippen LogP contribution is 2.37. The van der Waals surface area contributed by atoms with Crippen molar-refractivity contribution >= 4 is 22.5 Å². The van der Waals surface area contributed by atoms with Gasteiger partial charge in [0.25, 0.3) is 5.69 Å². The van der Waals surface area contributed by atoms with Crippen LogP contribution in [-0.2, 0) is 11.3 Å². The zero-order valence-electron chi connectivity index (χ0n) is 18.5. The van der Waals surface area contributed by atoms with Crippen LogP contribution in [0.3, 0.4) is 0 Å². The summed E-state index contributed by atoms with van der Waals surface area (Å²) < 4.78 is 16.2. The number of nitro groups is 1. The minimum atomic E-state index is -0.448. The fourth-order valence-corrected chi connectivity index (χ4v) is 4.45. The van der Waals surface area contributed by atoms with Crippen LogP contribution in [0.5, 0.6) is 0 Å². The van der Waals surface area contributed by atoms with E-state index in [4.69, 9.17) is 0 Å². The van der Waals surface area contributed by atoms with E-state index in [1.165, 1.54) is 18.2 Å². The van der Waals surface area contributed by atoms with Gasteiger partial charge in [-0.2, -0.15) is 0 Å². The second kappa shape index (κ2) is 9.09. The zero-order chi connectivity index (χ0) is 23.7. The highest BCUT2D eigenvalue weighted by Gasteiger charge is 2.28. The number of aromatic nitrogens is 1. The quantitative estimate of drug-likeness (QED) is 0.279. The lowest BCUT2D eigenvalue weighted by Crippen LogP contribution is -2.27. The number of fused-ring (bicyclic) bond motifs is 1. The van der Waals surface area contributed by atoms with Crippen molar-refractivity contribution in [1.82, 2.24) is 9.88 Å². The summed E-state index contributed by atoms with van der Waals surface area (Å²) in [6.45, 7) is 0.569. The summed E-state index contributed by atoms with van der Waals surface area (Å²) in [5, 5.41) is 15.2. The van der Waals surface area contributed by atoms with Crippen LogP contribution in [0.4, 0.5) is 10.1 Å². The molecule has 0 aliphatic heterocycles. The summed E-state index contributed by atoms with van der Waals surface area (Å²) >= 11 is 0. The summed E-state index contributed by atoms with van der Waals surface area (Å²) in [6, 6.07) is 21.1. The van der Waals surface area contributed by atoms with Crippen LogP contribution in [0.25, 0.3) is 10.9 Å². The number of hydrogen-bond acceptors (Lipinski definition) is 3. The molecule has 0 saturated heterocycles. The lowest BCUT2D eigenvalue weighted by Gasteiger charge is -2.17. The molecular weight excluding hydrogens is 433 g/mol. The van der Waals surface area contributed by atoms with E-state index in [2.05, 4.69) is 5.32 Å². The van der Waals surface area contributed by atoms with E-state index in [0.717, 1.165) is 29.5 Å². The fourth-order valence-electron chi connectivity index (χ4n) is 4.45. The highest BCUT2D eigenvalue weighted by atomic mass is 19.1. The molecule has 1 atom stereocenters. The minimum Gasteiger partial charge on any atom is -0.353 e. The number of carbonyl (C=O) groups excluding carboxylic acids is 1. The Morgan fingerprint density at radius 1 is 1.09 bits per heavy atom. The van der Waals surface area contributed by atoms with Gasteiger partial charge < -0.3 is 9.88 Å². The van der Waals surface area contributed by atoms with Crippen molar-refractivity contribution < 1.29 is 14.1 Å². The zero-order valence-corrected chi connectivity index (χ0v) is 18.5. The number of benzene rings is 3. The number of non-ortho nitro benzene ring substituents is 1. The molecular formula is C27H24FN3O3. The topological polar surface area (TPSA) is 77.2 Å². The van der Waals surface area contributed by atoms with E-state index < -0.39 is 10.8 Å². The SMILES string of the molecule is O=C(C[C@H](c1cccc(F)c1)c1cn(Cc2ccccc2)c2ccc([N+](=O)[O-])cc12)NC1CC1. The van der Waals surface area contributed by atoms with Gasteiger partial charge >= 0.3 is 0 Å². The summed E-state index contributed by atoms with van der Waals surface area (Å²) in [5.74, 6) is -0.939. The first-order valence-corrected chi connectivity index (χ1v) is 11.3. The molecule has 1 heterocycles. The number of rotatable bonds is 8. The van der Waals surface area contributed by atoms with Crippen LogP contribution in [0, 0.1) is 15.9 Å². The van der Waals surface area contributed by atoms with Crippen LogP contribution in [0.15, 0.2) is 79.0 Å². The standard InChI is InChI=1S/C27H24FN3O3/c28-20-8-4-7-19(13-20)23(15-27(32)29-21-9-10-21)25-17-30(16-18-5-2-1-3-6-18)26-12-11-22(31(33)34)14-24(25)26/h1-8,11-14,17,21,23H,9-10,15-16H2,(H,29,32)/t23-/m1/s1. The monoisotopic (exact) mass is 457 g/mol. The fraction of sp³-hybridized carbons (Fsp3) is 0.222. The van der Waals surface area contributed by atoms with E-state index >= 15 is 0 Å². The van der Waals surface area contributed by atoms with E-state index in [1.807, 2.05) is 41.1 Å². The van der Waals surface area contributed by atoms with Gasteiger partial charge in [-0.15, -0.1) is 0 Å². The van der Waals surface area contributed by atoms with Gasteiger partial charge in [0.2, 0.25) is 5.91 Å². The van der Waals surface area contributed by atoms with Crippen molar-refractivity contribution in [2.24, 2.45) is 0 Å². The van der Waals surface area contributed by atoms with Crippen LogP contribution in [0.1, 0.15) is 41.9 Å². The van der Waals surface area contributed by atoms with E-state index in [1.54, 1.807) is 24.3 Å². The number of hydrogen-bond donors (Lipinski definition) is 1. The van der Waals surface area contributed by atoms with E-state index in [9.17, 15) is 19.3 Å². The molecule has 5 rings (SSSR count). The first-order chi connectivity index (χ1) is 16.5. The molecule has 6 nitrogen and oxygen atoms in total. The van der Waals surface area contributed by atoms with Gasteiger partial charge in [0.1, 0.15) is 5.82 Å². The van der Waals surface area contributed by atoms with Crippen LogP contribution in [0.2, 0.25) is 0 Å². The Balaban J connectivity index is 1.64. The van der Waals surface area contributed by atoms with Crippen molar-refractivity contribution in [3.05, 3.63) is 112 Å². The maximum atomic E-state index is 14.2. The predicted molar refractivity (Wildman–Crippen MR) is 128 cm³/mol. The first-order valence-electron chi connectivity index (χ1n) is 11.3. The molecule has 34 heavy (non-hydrogen) atoms. The Hall–Kier alpha value is -4.00. The molecule has 1 aliphatic carbocycles. The van der Waals surface area contributed by atoms with Crippen molar-refractivity contribution in [1.29, 1.82) is 0 Å². The second-order valence-electron chi connectivity index (χ2n) is 8.81. The van der Waals surface area contributed by atoms with Crippen molar-refractivity contribution in [3.8, 4) is 0 Å². The summed E-state index contributed by atoms with van der Waals surface area (Å²) in [5.41, 5.74) is 3.32. The maximum absolute atomic E-state index is 14.2. The smallest absolute Gasteiger partial charge is 0.270 e. The molecule has 1 aliphatic rings. The lowest BCUT2D eigenvalue weighted by molar-refractivity contribution is -0.384. The van der Waals surface area contributed by atoms with Crippen molar-refractivity contribution in [3.63, 3.8) is 0 Å². The number of nitrogens with one attached hydrogen (secondary N) is 1. The van der Waals surface area contributed by atoms with Gasteiger partial charge in [-0.1, -0.05) is 42.5 Å². The molecule has 1 amide bonds. The first kappa shape index (κ1) is 21.8. The molecule has 7 heteroatoms. The average molecular weight is 458 g/mol. The Morgan fingerprint density at radius 3 is 2.59 bits per heavy atom. The maximum Gasteiger partial charge on any atom is 0.270 e. The number of halogens is 1. The third-order valence-corrected chi connectivity index (χ3v) is 6.26. The van der Waals surface area contributed by atoms with Gasteiger partial charge in [-0.3, -0.25) is 14.9 Å². The summed E-state index contributed by atoms with van der Waals surface area (Å²) in [4.78, 5) is 23.9. The Bertz CT molecular complexity index is 1360. The Kier molecular flexibility index (Phi) is 5.84. The minimum absolute atomic E-state index is 0.0216. The largest absolute Gasteiger partial charge is 0.353 e. The van der Waals surface area contributed by atoms with Gasteiger partial charge in [-0.05, 0) is 47.7 Å². The Morgan fingerprint density at radius 2 is 1.88 bits per heavy atom. The molecule has 1 saturated carbocycles. The molecule has 1 aromatic heterocycles. The molecule has 4 aromatic rings. The number of nitrogens with zero attached hydrogens (tertiary/aromatic N) is 2. The molecule has 0 unspecified atom stereocenters. The van der Waals surface area contributed by atoms with Gasteiger partial charge in [0.05, 0.1) is 4.92 Å². The van der Waals surface area contributed by atoms with E-state index in [0.29, 0.717) is 17.5 Å². The predicted octanol–water partition coefficient (Wildman–Crippen LogP) is 5.54. The molecule has 1 fully saturated rings. The highest BCUT2D eigenvalue weighted by molar-refractivity contribution is 5.88. The van der Waals surface area contributed by atoms with Gasteiger partial charge in [0.15, 0.2) is 0 Å². The second-order valence-corrected chi connectivity index (χ2v) is 8.81. The van der Waals surface area contributed by atoms with Crippen LogP contribution < -0.4 is 5.32 Å².